The largest absolute Gasteiger partial charge is 0.358 e. The lowest BCUT2D eigenvalue weighted by Crippen LogP contribution is -2.40. The van der Waals surface area contributed by atoms with Crippen molar-refractivity contribution in [2.24, 2.45) is 4.99 Å². The van der Waals surface area contributed by atoms with E-state index in [1.54, 1.807) is 11.8 Å². The molecule has 6 heteroatoms. The Morgan fingerprint density at radius 1 is 1.22 bits per heavy atom. The lowest BCUT2D eigenvalue weighted by Gasteiger charge is -2.25. The number of nitrogens with zero attached hydrogens (tertiary/aromatic N) is 2. The smallest absolute Gasteiger partial charge is 0.175 e. The van der Waals surface area contributed by atoms with Gasteiger partial charge in [-0.2, -0.15) is 0 Å². The molecule has 4 rings (SSSR count). The summed E-state index contributed by atoms with van der Waals surface area (Å²) in [4.78, 5) is 7.25. The van der Waals surface area contributed by atoms with E-state index in [1.807, 2.05) is 24.3 Å². The number of aliphatic imine (C=N–C) groups is 1. The fourth-order valence-corrected chi connectivity index (χ4v) is 5.00. The fraction of sp³-hybridized carbons (Fsp3) is 0.333. The van der Waals surface area contributed by atoms with Gasteiger partial charge in [0.05, 0.1) is 6.04 Å². The number of hydrogen-bond acceptors (Lipinski definition) is 3. The van der Waals surface area contributed by atoms with Crippen LogP contribution in [-0.2, 0) is 13.0 Å². The van der Waals surface area contributed by atoms with E-state index in [9.17, 15) is 0 Å². The molecule has 0 bridgehead atoms. The fourth-order valence-electron chi connectivity index (χ4n) is 3.57. The summed E-state index contributed by atoms with van der Waals surface area (Å²) in [6, 6.07) is 16.8. The van der Waals surface area contributed by atoms with E-state index in [-0.39, 0.29) is 6.04 Å². The van der Waals surface area contributed by atoms with Crippen molar-refractivity contribution < 1.29 is 0 Å². The average Bonchev–Trinajstić information content (AvgIpc) is 3.16. The first-order valence-corrected chi connectivity index (χ1v) is 11.1. The second-order valence-corrected chi connectivity index (χ2v) is 8.69. The lowest BCUT2D eigenvalue weighted by atomic mass is 9.88. The van der Waals surface area contributed by atoms with Gasteiger partial charge in [0.1, 0.15) is 0 Å². The van der Waals surface area contributed by atoms with Crippen LogP contribution in [-0.4, -0.2) is 27.5 Å². The van der Waals surface area contributed by atoms with Gasteiger partial charge in [-0.1, -0.05) is 59.8 Å². The van der Waals surface area contributed by atoms with Crippen molar-refractivity contribution in [1.82, 2.24) is 10.2 Å². The monoisotopic (exact) mass is 415 g/mol. The zero-order valence-corrected chi connectivity index (χ0v) is 17.4. The number of aryl methyl sites for hydroxylation is 1. The van der Waals surface area contributed by atoms with Crippen LogP contribution in [0, 0.1) is 0 Å². The van der Waals surface area contributed by atoms with Gasteiger partial charge in [0, 0.05) is 23.9 Å². The molecule has 1 N–H and O–H groups in total. The minimum atomic E-state index is 0.247. The maximum atomic E-state index is 5.95. The molecule has 0 amide bonds. The van der Waals surface area contributed by atoms with E-state index in [0.29, 0.717) is 6.54 Å². The Morgan fingerprint density at radius 2 is 2.04 bits per heavy atom. The zero-order valence-electron chi connectivity index (χ0n) is 15.0. The molecule has 1 atom stereocenters. The standard InChI is InChI=1S/C21H22ClN3S2/c22-17-10-8-15(9-11-17)14-23-20(26)25-12-13-27-21(25)24-19-7-3-5-16-4-1-2-6-18(16)19/h1-2,4,6,8-11,19H,3,5,7,12-14H2,(H,23,26)/t19-/m0/s1. The number of rotatable bonds is 3. The third-order valence-corrected chi connectivity index (χ3v) is 6.57. The third-order valence-electron chi connectivity index (χ3n) is 4.98. The normalized spacial score (nSPS) is 20.6. The highest BCUT2D eigenvalue weighted by molar-refractivity contribution is 8.14. The van der Waals surface area contributed by atoms with Crippen LogP contribution in [0.3, 0.4) is 0 Å². The molecule has 140 valence electrons. The Labute approximate surface area is 175 Å². The highest BCUT2D eigenvalue weighted by Crippen LogP contribution is 2.34. The maximum absolute atomic E-state index is 5.95. The Balaban J connectivity index is 1.45. The van der Waals surface area contributed by atoms with Crippen molar-refractivity contribution in [3.05, 3.63) is 70.2 Å². The SMILES string of the molecule is S=C(NCc1ccc(Cl)cc1)N1CCSC1=N[C@H]1CCCc2ccccc21. The molecule has 0 saturated carbocycles. The van der Waals surface area contributed by atoms with E-state index < -0.39 is 0 Å². The van der Waals surface area contributed by atoms with Crippen LogP contribution in [0.1, 0.15) is 35.6 Å². The number of hydrogen-bond donors (Lipinski definition) is 1. The van der Waals surface area contributed by atoms with Crippen LogP contribution in [0.15, 0.2) is 53.5 Å². The van der Waals surface area contributed by atoms with Crippen LogP contribution >= 0.6 is 35.6 Å². The molecule has 1 heterocycles. The van der Waals surface area contributed by atoms with Gasteiger partial charge in [0.25, 0.3) is 0 Å². The minimum Gasteiger partial charge on any atom is -0.358 e. The molecule has 2 aromatic carbocycles. The van der Waals surface area contributed by atoms with Crippen LogP contribution in [0.5, 0.6) is 0 Å². The molecular formula is C21H22ClN3S2. The number of thiocarbonyl (C=S) groups is 1. The van der Waals surface area contributed by atoms with Gasteiger partial charge in [-0.05, 0) is 60.3 Å². The number of nitrogens with one attached hydrogen (secondary N) is 1. The molecular weight excluding hydrogens is 394 g/mol. The van der Waals surface area contributed by atoms with Gasteiger partial charge in [-0.3, -0.25) is 9.89 Å². The molecule has 1 saturated heterocycles. The number of thioether (sulfide) groups is 1. The number of benzene rings is 2. The molecule has 1 fully saturated rings. The zero-order chi connectivity index (χ0) is 18.6. The Hall–Kier alpha value is -1.56. The van der Waals surface area contributed by atoms with Crippen LogP contribution in [0.25, 0.3) is 0 Å². The minimum absolute atomic E-state index is 0.247. The summed E-state index contributed by atoms with van der Waals surface area (Å²) >= 11 is 13.4. The van der Waals surface area contributed by atoms with Gasteiger partial charge in [0.15, 0.2) is 10.3 Å². The molecule has 27 heavy (non-hydrogen) atoms. The molecule has 0 aromatic heterocycles. The molecule has 0 radical (unpaired) electrons. The molecule has 2 aromatic rings. The van der Waals surface area contributed by atoms with E-state index in [0.717, 1.165) is 46.0 Å². The third kappa shape index (κ3) is 4.48. The average molecular weight is 416 g/mol. The summed E-state index contributed by atoms with van der Waals surface area (Å²) in [5.41, 5.74) is 3.98. The van der Waals surface area contributed by atoms with Gasteiger partial charge >= 0.3 is 0 Å². The van der Waals surface area contributed by atoms with Gasteiger partial charge < -0.3 is 5.32 Å². The van der Waals surface area contributed by atoms with Crippen LogP contribution in [0.4, 0.5) is 0 Å². The number of fused-ring (bicyclic) bond motifs is 1. The van der Waals surface area contributed by atoms with Crippen molar-refractivity contribution in [1.29, 1.82) is 0 Å². The second kappa shape index (κ2) is 8.63. The Kier molecular flexibility index (Phi) is 6.01. The summed E-state index contributed by atoms with van der Waals surface area (Å²) in [6.45, 7) is 1.60. The summed E-state index contributed by atoms with van der Waals surface area (Å²) in [7, 11) is 0. The molecule has 3 nitrogen and oxygen atoms in total. The maximum Gasteiger partial charge on any atom is 0.175 e. The Bertz CT molecular complexity index is 851. The Morgan fingerprint density at radius 3 is 2.89 bits per heavy atom. The summed E-state index contributed by atoms with van der Waals surface area (Å²) in [5, 5.41) is 5.91. The highest BCUT2D eigenvalue weighted by Gasteiger charge is 2.26. The second-order valence-electron chi connectivity index (χ2n) is 6.80. The van der Waals surface area contributed by atoms with Crippen molar-refractivity contribution in [2.45, 2.75) is 31.8 Å². The predicted octanol–water partition coefficient (Wildman–Crippen LogP) is 5.20. The first-order valence-electron chi connectivity index (χ1n) is 9.29. The number of halogens is 1. The first-order chi connectivity index (χ1) is 13.2. The van der Waals surface area contributed by atoms with Crippen molar-refractivity contribution in [2.75, 3.05) is 12.3 Å². The molecule has 1 aliphatic heterocycles. The quantitative estimate of drug-likeness (QED) is 0.697. The topological polar surface area (TPSA) is 27.6 Å². The first kappa shape index (κ1) is 18.8. The van der Waals surface area contributed by atoms with Crippen LogP contribution < -0.4 is 5.32 Å². The predicted molar refractivity (Wildman–Crippen MR) is 120 cm³/mol. The van der Waals surface area contributed by atoms with E-state index in [4.69, 9.17) is 28.8 Å². The van der Waals surface area contributed by atoms with Gasteiger partial charge in [-0.15, -0.1) is 0 Å². The van der Waals surface area contributed by atoms with E-state index in [1.165, 1.54) is 17.5 Å². The van der Waals surface area contributed by atoms with E-state index >= 15 is 0 Å². The summed E-state index contributed by atoms with van der Waals surface area (Å²) in [6.07, 6.45) is 3.47. The lowest BCUT2D eigenvalue weighted by molar-refractivity contribution is 0.561. The van der Waals surface area contributed by atoms with Crippen molar-refractivity contribution >= 4 is 45.9 Å². The molecule has 0 unspecified atom stereocenters. The van der Waals surface area contributed by atoms with Gasteiger partial charge in [-0.25, -0.2) is 0 Å². The van der Waals surface area contributed by atoms with Gasteiger partial charge in [0.2, 0.25) is 0 Å². The molecule has 2 aliphatic rings. The van der Waals surface area contributed by atoms with Crippen molar-refractivity contribution in [3.8, 4) is 0 Å². The summed E-state index contributed by atoms with van der Waals surface area (Å²) < 4.78 is 0. The molecule has 1 aliphatic carbocycles. The molecule has 0 spiro atoms. The van der Waals surface area contributed by atoms with Crippen LogP contribution in [0.2, 0.25) is 5.02 Å². The van der Waals surface area contributed by atoms with E-state index in [2.05, 4.69) is 34.5 Å². The summed E-state index contributed by atoms with van der Waals surface area (Å²) in [5.74, 6) is 1.02. The number of amidine groups is 1. The highest BCUT2D eigenvalue weighted by atomic mass is 35.5. The van der Waals surface area contributed by atoms with Crippen molar-refractivity contribution in [3.63, 3.8) is 0 Å².